The summed E-state index contributed by atoms with van der Waals surface area (Å²) in [4.78, 5) is 21.2. The van der Waals surface area contributed by atoms with Gasteiger partial charge in [-0.3, -0.25) is 19.8 Å². The monoisotopic (exact) mass is 366 g/mol. The van der Waals surface area contributed by atoms with Gasteiger partial charge in [-0.25, -0.2) is 0 Å². The van der Waals surface area contributed by atoms with Gasteiger partial charge in [0.1, 0.15) is 11.7 Å². The predicted molar refractivity (Wildman–Crippen MR) is 103 cm³/mol. The Labute approximate surface area is 157 Å². The van der Waals surface area contributed by atoms with E-state index in [2.05, 4.69) is 10.1 Å². The van der Waals surface area contributed by atoms with Crippen LogP contribution in [0.3, 0.4) is 0 Å². The zero-order chi connectivity index (χ0) is 19.2. The number of ketones is 1. The summed E-state index contributed by atoms with van der Waals surface area (Å²) in [5.41, 5.74) is 3.58. The molecule has 2 heterocycles. The first-order valence-electron chi connectivity index (χ1n) is 8.74. The minimum Gasteiger partial charge on any atom is -0.394 e. The van der Waals surface area contributed by atoms with Gasteiger partial charge in [0.15, 0.2) is 0 Å². The number of nitrogens with zero attached hydrogens (tertiary/aromatic N) is 4. The number of carbonyl (C=O) groups excluding carboxylic acids is 1. The first kappa shape index (κ1) is 18.9. The van der Waals surface area contributed by atoms with Crippen molar-refractivity contribution in [3.05, 3.63) is 59.9 Å². The number of β-amino-alcohol motifs (C(OH)–C–C–N with tert-alkyl or cyclic N) is 1. The van der Waals surface area contributed by atoms with Crippen molar-refractivity contribution < 1.29 is 15.0 Å². The number of hydrazone groups is 1. The van der Waals surface area contributed by atoms with Gasteiger partial charge < -0.3 is 10.2 Å². The molecule has 140 valence electrons. The quantitative estimate of drug-likeness (QED) is 0.808. The first-order valence-corrected chi connectivity index (χ1v) is 8.74. The van der Waals surface area contributed by atoms with E-state index in [0.29, 0.717) is 30.2 Å². The van der Waals surface area contributed by atoms with E-state index >= 15 is 0 Å². The molecule has 1 aliphatic rings. The number of aromatic nitrogens is 1. The summed E-state index contributed by atoms with van der Waals surface area (Å²) in [5.74, 6) is -0.597. The number of Topliss-reactive ketones (excluding diaryl/α,β-unsaturated/α-hetero) is 1. The van der Waals surface area contributed by atoms with Crippen molar-refractivity contribution >= 4 is 22.9 Å². The summed E-state index contributed by atoms with van der Waals surface area (Å²) in [6.45, 7) is 2.17. The molecule has 0 radical (unpaired) electrons. The van der Waals surface area contributed by atoms with E-state index in [4.69, 9.17) is 4.99 Å². The van der Waals surface area contributed by atoms with E-state index in [1.54, 1.807) is 29.5 Å². The molecule has 1 aromatic heterocycles. The summed E-state index contributed by atoms with van der Waals surface area (Å²) in [7, 11) is 0. The zero-order valence-electron chi connectivity index (χ0n) is 15.1. The molecule has 0 saturated carbocycles. The topological polar surface area (TPSA) is 98.4 Å². The number of benzene rings is 1. The van der Waals surface area contributed by atoms with Crippen LogP contribution in [-0.4, -0.2) is 57.1 Å². The van der Waals surface area contributed by atoms with Crippen LogP contribution in [-0.2, 0) is 11.4 Å². The lowest BCUT2D eigenvalue weighted by Crippen LogP contribution is -2.44. The third-order valence-corrected chi connectivity index (χ3v) is 4.33. The highest BCUT2D eigenvalue weighted by Gasteiger charge is 2.33. The van der Waals surface area contributed by atoms with Crippen molar-refractivity contribution in [2.24, 2.45) is 16.0 Å². The summed E-state index contributed by atoms with van der Waals surface area (Å²) >= 11 is 0. The number of hydrogen-bond donors (Lipinski definition) is 2. The van der Waals surface area contributed by atoms with Crippen LogP contribution in [0.15, 0.2) is 58.9 Å². The fourth-order valence-corrected chi connectivity index (χ4v) is 3.04. The van der Waals surface area contributed by atoms with E-state index in [0.717, 1.165) is 11.1 Å². The van der Waals surface area contributed by atoms with Gasteiger partial charge in [0.05, 0.1) is 43.4 Å². The molecule has 0 aliphatic carbocycles. The van der Waals surface area contributed by atoms with Crippen molar-refractivity contribution in [3.63, 3.8) is 0 Å². The molecule has 0 amide bonds. The molecule has 2 N–H and O–H groups in total. The van der Waals surface area contributed by atoms with E-state index in [1.807, 2.05) is 24.3 Å². The molecule has 1 unspecified atom stereocenters. The third kappa shape index (κ3) is 4.45. The third-order valence-electron chi connectivity index (χ3n) is 4.33. The molecule has 0 spiro atoms. The Kier molecular flexibility index (Phi) is 6.05. The van der Waals surface area contributed by atoms with E-state index < -0.39 is 5.92 Å². The van der Waals surface area contributed by atoms with Gasteiger partial charge in [0.25, 0.3) is 0 Å². The van der Waals surface area contributed by atoms with Crippen molar-refractivity contribution in [3.8, 4) is 0 Å². The minimum atomic E-state index is -0.556. The molecule has 7 heteroatoms. The number of rotatable bonds is 6. The lowest BCUT2D eigenvalue weighted by molar-refractivity contribution is -0.117. The van der Waals surface area contributed by atoms with Crippen molar-refractivity contribution in [2.75, 3.05) is 19.7 Å². The second-order valence-corrected chi connectivity index (χ2v) is 6.30. The minimum absolute atomic E-state index is 0.0317. The van der Waals surface area contributed by atoms with Crippen LogP contribution in [0.2, 0.25) is 0 Å². The van der Waals surface area contributed by atoms with E-state index in [1.165, 1.54) is 6.92 Å². The second-order valence-electron chi connectivity index (χ2n) is 6.30. The number of aliphatic hydroxyl groups excluding tert-OH is 2. The Balaban J connectivity index is 2.04. The molecule has 1 aromatic carbocycles. The van der Waals surface area contributed by atoms with Gasteiger partial charge in [-0.2, -0.15) is 5.10 Å². The smallest absolute Gasteiger partial charge is 0.144 e. The molecule has 2 aromatic rings. The molecule has 0 bridgehead atoms. The highest BCUT2D eigenvalue weighted by atomic mass is 16.3. The van der Waals surface area contributed by atoms with Gasteiger partial charge in [-0.15, -0.1) is 0 Å². The second kappa shape index (κ2) is 8.66. The van der Waals surface area contributed by atoms with Crippen molar-refractivity contribution in [1.29, 1.82) is 0 Å². The number of aliphatic hydroxyl groups is 2. The lowest BCUT2D eigenvalue weighted by atomic mass is 9.88. The maximum absolute atomic E-state index is 12.5. The van der Waals surface area contributed by atoms with Crippen LogP contribution in [0.5, 0.6) is 0 Å². The molecular weight excluding hydrogens is 344 g/mol. The molecule has 3 rings (SSSR count). The molecule has 1 aliphatic heterocycles. The molecule has 27 heavy (non-hydrogen) atoms. The molecule has 0 fully saturated rings. The Bertz CT molecular complexity index is 847. The van der Waals surface area contributed by atoms with Crippen LogP contribution in [0.25, 0.3) is 0 Å². The highest BCUT2D eigenvalue weighted by molar-refractivity contribution is 6.28. The van der Waals surface area contributed by atoms with E-state index in [-0.39, 0.29) is 19.0 Å². The highest BCUT2D eigenvalue weighted by Crippen LogP contribution is 2.23. The number of aliphatic imine (C=N–C) groups is 1. The van der Waals surface area contributed by atoms with Crippen LogP contribution in [0.4, 0.5) is 5.69 Å². The van der Waals surface area contributed by atoms with Crippen LogP contribution in [0, 0.1) is 5.92 Å². The average Bonchev–Trinajstić information content (AvgIpc) is 2.69. The summed E-state index contributed by atoms with van der Waals surface area (Å²) in [6, 6.07) is 10.8. The molecule has 7 nitrogen and oxygen atoms in total. The number of pyridine rings is 1. The van der Waals surface area contributed by atoms with Crippen molar-refractivity contribution in [1.82, 2.24) is 9.99 Å². The van der Waals surface area contributed by atoms with Gasteiger partial charge in [0, 0.05) is 18.0 Å². The van der Waals surface area contributed by atoms with Gasteiger partial charge in [-0.1, -0.05) is 12.1 Å². The fraction of sp³-hybridized carbons (Fsp3) is 0.300. The Hall–Kier alpha value is -2.90. The Morgan fingerprint density at radius 1 is 1.19 bits per heavy atom. The maximum Gasteiger partial charge on any atom is 0.144 e. The summed E-state index contributed by atoms with van der Waals surface area (Å²) in [6.07, 6.45) is 3.31. The van der Waals surface area contributed by atoms with Crippen LogP contribution < -0.4 is 0 Å². The van der Waals surface area contributed by atoms with Gasteiger partial charge in [-0.05, 0) is 36.8 Å². The number of hydrogen-bond acceptors (Lipinski definition) is 7. The zero-order valence-corrected chi connectivity index (χ0v) is 15.1. The van der Waals surface area contributed by atoms with Gasteiger partial charge in [0.2, 0.25) is 0 Å². The lowest BCUT2D eigenvalue weighted by Gasteiger charge is -2.31. The maximum atomic E-state index is 12.5. The largest absolute Gasteiger partial charge is 0.394 e. The predicted octanol–water partition coefficient (Wildman–Crippen LogP) is 1.56. The molecular formula is C20H22N4O3. The van der Waals surface area contributed by atoms with Gasteiger partial charge >= 0.3 is 0 Å². The Morgan fingerprint density at radius 2 is 1.89 bits per heavy atom. The summed E-state index contributed by atoms with van der Waals surface area (Å²) in [5, 5.41) is 24.8. The average molecular weight is 366 g/mol. The van der Waals surface area contributed by atoms with Crippen LogP contribution >= 0.6 is 0 Å². The standard InChI is InChI=1S/C20H22N4O3/c1-14(27)19-18(22-17-4-2-15(13-26)3-5-17)12-24(10-11-25)23-20(19)16-6-8-21-9-7-16/h2-9,19,25-26H,10-13H2,1H3. The first-order chi connectivity index (χ1) is 13.1. The number of carbonyl (C=O) groups is 1. The van der Waals surface area contributed by atoms with Crippen LogP contribution in [0.1, 0.15) is 18.1 Å². The SMILES string of the molecule is CC(=O)C1C(=Nc2ccc(CO)cc2)CN(CCO)N=C1c1ccncc1. The molecule has 0 saturated heterocycles. The fourth-order valence-electron chi connectivity index (χ4n) is 3.04. The Morgan fingerprint density at radius 3 is 2.48 bits per heavy atom. The normalized spacial score (nSPS) is 18.5. The summed E-state index contributed by atoms with van der Waals surface area (Å²) < 4.78 is 0. The molecule has 1 atom stereocenters. The van der Waals surface area contributed by atoms with E-state index in [9.17, 15) is 15.0 Å². The van der Waals surface area contributed by atoms with Crippen molar-refractivity contribution in [2.45, 2.75) is 13.5 Å².